The first kappa shape index (κ1) is 13.4. The summed E-state index contributed by atoms with van der Waals surface area (Å²) in [6, 6.07) is 3.18. The fourth-order valence-electron chi connectivity index (χ4n) is 2.78. The fourth-order valence-corrected chi connectivity index (χ4v) is 2.78. The molecule has 1 aromatic heterocycles. The molecule has 0 radical (unpaired) electrons. The van der Waals surface area contributed by atoms with Gasteiger partial charge in [0.2, 0.25) is 11.8 Å². The van der Waals surface area contributed by atoms with Crippen molar-refractivity contribution in [2.75, 3.05) is 6.54 Å². The van der Waals surface area contributed by atoms with Crippen molar-refractivity contribution in [2.45, 2.75) is 25.8 Å². The molecule has 2 aromatic rings. The highest BCUT2D eigenvalue weighted by atomic mass is 19.1. The van der Waals surface area contributed by atoms with E-state index in [4.69, 9.17) is 4.42 Å². The van der Waals surface area contributed by atoms with Crippen LogP contribution in [0.15, 0.2) is 22.6 Å². The normalized spacial score (nSPS) is 17.5. The number of hydrogen-bond acceptors (Lipinski definition) is 3. The van der Waals surface area contributed by atoms with Gasteiger partial charge in [0.25, 0.3) is 0 Å². The molecule has 2 heterocycles. The number of aromatic nitrogens is 1. The van der Waals surface area contributed by atoms with E-state index >= 15 is 0 Å². The van der Waals surface area contributed by atoms with Crippen LogP contribution in [0.2, 0.25) is 0 Å². The number of halogens is 2. The highest BCUT2D eigenvalue weighted by molar-refractivity contribution is 5.81. The molecule has 1 aromatic carbocycles. The fraction of sp³-hybridized carbons (Fsp3) is 0.375. The van der Waals surface area contributed by atoms with Gasteiger partial charge in [-0.25, -0.2) is 13.8 Å². The van der Waals surface area contributed by atoms with Crippen molar-refractivity contribution in [3.8, 4) is 11.5 Å². The van der Waals surface area contributed by atoms with Crippen LogP contribution in [0.25, 0.3) is 11.5 Å². The van der Waals surface area contributed by atoms with Gasteiger partial charge in [-0.15, -0.1) is 0 Å². The Hall–Kier alpha value is -2.24. The molecule has 1 fully saturated rings. The number of carbonyl (C=O) groups is 1. The molecule has 2 aliphatic rings. The van der Waals surface area contributed by atoms with Gasteiger partial charge in [0, 0.05) is 30.5 Å². The van der Waals surface area contributed by atoms with Crippen LogP contribution >= 0.6 is 0 Å². The van der Waals surface area contributed by atoms with Crippen LogP contribution in [0.1, 0.15) is 24.3 Å². The topological polar surface area (TPSA) is 46.3 Å². The zero-order chi connectivity index (χ0) is 15.3. The predicted octanol–water partition coefficient (Wildman–Crippen LogP) is 2.91. The van der Waals surface area contributed by atoms with Crippen LogP contribution in [0.3, 0.4) is 0 Å². The lowest BCUT2D eigenvalue weighted by molar-refractivity contribution is -0.133. The molecule has 114 valence electrons. The molecular weight excluding hydrogens is 290 g/mol. The second-order valence-corrected chi connectivity index (χ2v) is 5.83. The number of amides is 1. The first-order valence-electron chi connectivity index (χ1n) is 7.34. The van der Waals surface area contributed by atoms with Crippen molar-refractivity contribution in [1.82, 2.24) is 9.88 Å². The molecule has 0 saturated heterocycles. The summed E-state index contributed by atoms with van der Waals surface area (Å²) in [7, 11) is 0. The Morgan fingerprint density at radius 3 is 2.64 bits per heavy atom. The molecular formula is C16H14F2N2O2. The van der Waals surface area contributed by atoms with E-state index in [9.17, 15) is 13.6 Å². The Morgan fingerprint density at radius 1 is 1.23 bits per heavy atom. The van der Waals surface area contributed by atoms with Crippen molar-refractivity contribution in [3.63, 3.8) is 0 Å². The maximum absolute atomic E-state index is 13.3. The molecule has 22 heavy (non-hydrogen) atoms. The summed E-state index contributed by atoms with van der Waals surface area (Å²) in [5, 5.41) is 0. The first-order valence-corrected chi connectivity index (χ1v) is 7.34. The lowest BCUT2D eigenvalue weighted by Crippen LogP contribution is -2.36. The van der Waals surface area contributed by atoms with Gasteiger partial charge < -0.3 is 9.32 Å². The molecule has 6 heteroatoms. The predicted molar refractivity (Wildman–Crippen MR) is 73.7 cm³/mol. The average molecular weight is 304 g/mol. The number of nitrogens with zero attached hydrogens (tertiary/aromatic N) is 2. The number of oxazole rings is 1. The van der Waals surface area contributed by atoms with Crippen molar-refractivity contribution in [2.24, 2.45) is 5.92 Å². The van der Waals surface area contributed by atoms with Crippen LogP contribution < -0.4 is 0 Å². The third-order valence-corrected chi connectivity index (χ3v) is 4.08. The number of carbonyl (C=O) groups excluding carboxylic acids is 1. The van der Waals surface area contributed by atoms with Crippen molar-refractivity contribution >= 4 is 5.91 Å². The summed E-state index contributed by atoms with van der Waals surface area (Å²) >= 11 is 0. The van der Waals surface area contributed by atoms with E-state index in [1.54, 1.807) is 4.90 Å². The van der Waals surface area contributed by atoms with Gasteiger partial charge >= 0.3 is 0 Å². The lowest BCUT2D eigenvalue weighted by atomic mass is 10.1. The van der Waals surface area contributed by atoms with Crippen LogP contribution in [-0.2, 0) is 17.8 Å². The van der Waals surface area contributed by atoms with Gasteiger partial charge in [-0.05, 0) is 25.0 Å². The van der Waals surface area contributed by atoms with Crippen LogP contribution in [0, 0.1) is 17.6 Å². The van der Waals surface area contributed by atoms with E-state index < -0.39 is 11.6 Å². The Labute approximate surface area is 125 Å². The third kappa shape index (κ3) is 2.38. The second kappa shape index (κ2) is 4.90. The van der Waals surface area contributed by atoms with Crippen LogP contribution in [0.4, 0.5) is 8.78 Å². The van der Waals surface area contributed by atoms with Gasteiger partial charge in [-0.2, -0.15) is 0 Å². The van der Waals surface area contributed by atoms with Gasteiger partial charge in [-0.1, -0.05) is 0 Å². The van der Waals surface area contributed by atoms with Gasteiger partial charge in [0.15, 0.2) is 0 Å². The number of benzene rings is 1. The minimum atomic E-state index is -0.670. The molecule has 4 nitrogen and oxygen atoms in total. The molecule has 0 spiro atoms. The Bertz CT molecular complexity index is 732. The molecule has 1 aliphatic heterocycles. The highest BCUT2D eigenvalue weighted by Gasteiger charge is 2.35. The van der Waals surface area contributed by atoms with E-state index in [1.807, 2.05) is 0 Å². The Morgan fingerprint density at radius 2 is 1.95 bits per heavy atom. The second-order valence-electron chi connectivity index (χ2n) is 5.83. The minimum absolute atomic E-state index is 0.172. The summed E-state index contributed by atoms with van der Waals surface area (Å²) in [6.07, 6.45) is 2.52. The molecule has 0 atom stereocenters. The van der Waals surface area contributed by atoms with Gasteiger partial charge in [0.1, 0.15) is 23.1 Å². The zero-order valence-corrected chi connectivity index (χ0v) is 11.8. The largest absolute Gasteiger partial charge is 0.441 e. The third-order valence-electron chi connectivity index (χ3n) is 4.08. The maximum Gasteiger partial charge on any atom is 0.226 e. The van der Waals surface area contributed by atoms with E-state index in [0.717, 1.165) is 18.9 Å². The van der Waals surface area contributed by atoms with Crippen molar-refractivity contribution in [3.05, 3.63) is 41.3 Å². The van der Waals surface area contributed by atoms with E-state index in [0.29, 0.717) is 31.0 Å². The average Bonchev–Trinajstić information content (AvgIpc) is 3.23. The van der Waals surface area contributed by atoms with Crippen molar-refractivity contribution in [1.29, 1.82) is 0 Å². The van der Waals surface area contributed by atoms with Crippen LogP contribution in [-0.4, -0.2) is 22.3 Å². The summed E-state index contributed by atoms with van der Waals surface area (Å²) in [5.74, 6) is -0.103. The molecule has 1 amide bonds. The SMILES string of the molecule is O=C(C1CC1)N1CCc2oc(-c3cc(F)cc(F)c3)nc2C1. The van der Waals surface area contributed by atoms with E-state index in [1.165, 1.54) is 12.1 Å². The standard InChI is InChI=1S/C16H14F2N2O2/c17-11-5-10(6-12(18)7-11)15-19-13-8-20(4-3-14(13)22-15)16(21)9-1-2-9/h5-7,9H,1-4,8H2. The number of hydrogen-bond donors (Lipinski definition) is 0. The quantitative estimate of drug-likeness (QED) is 0.857. The highest BCUT2D eigenvalue weighted by Crippen LogP contribution is 2.33. The lowest BCUT2D eigenvalue weighted by Gasteiger charge is -2.25. The molecule has 1 saturated carbocycles. The van der Waals surface area contributed by atoms with Crippen LogP contribution in [0.5, 0.6) is 0 Å². The minimum Gasteiger partial charge on any atom is -0.441 e. The smallest absolute Gasteiger partial charge is 0.226 e. The number of rotatable bonds is 2. The molecule has 0 unspecified atom stereocenters. The monoisotopic (exact) mass is 304 g/mol. The zero-order valence-electron chi connectivity index (χ0n) is 11.8. The van der Waals surface area contributed by atoms with Gasteiger partial charge in [0.05, 0.1) is 6.54 Å². The summed E-state index contributed by atoms with van der Waals surface area (Å²) < 4.78 is 32.2. The molecule has 0 N–H and O–H groups in total. The molecule has 4 rings (SSSR count). The Kier molecular flexibility index (Phi) is 2.99. The summed E-state index contributed by atoms with van der Waals surface area (Å²) in [4.78, 5) is 18.2. The van der Waals surface area contributed by atoms with E-state index in [2.05, 4.69) is 4.98 Å². The summed E-state index contributed by atoms with van der Waals surface area (Å²) in [5.41, 5.74) is 0.951. The molecule has 0 bridgehead atoms. The molecule has 1 aliphatic carbocycles. The van der Waals surface area contributed by atoms with E-state index in [-0.39, 0.29) is 23.3 Å². The first-order chi connectivity index (χ1) is 10.6. The van der Waals surface area contributed by atoms with Crippen molar-refractivity contribution < 1.29 is 18.0 Å². The summed E-state index contributed by atoms with van der Waals surface area (Å²) in [6.45, 7) is 1.01. The Balaban J connectivity index is 1.62. The van der Waals surface area contributed by atoms with Gasteiger partial charge in [-0.3, -0.25) is 4.79 Å². The maximum atomic E-state index is 13.3. The number of fused-ring (bicyclic) bond motifs is 1.